The maximum atomic E-state index is 2.47. The lowest BCUT2D eigenvalue weighted by Crippen LogP contribution is -2.14. The molecule has 0 amide bonds. The van der Waals surface area contributed by atoms with E-state index in [2.05, 4.69) is 147 Å². The van der Waals surface area contributed by atoms with E-state index in [1.54, 1.807) is 0 Å². The smallest absolute Gasteiger partial charge is 0.0399 e. The summed E-state index contributed by atoms with van der Waals surface area (Å²) in [7, 11) is 0. The van der Waals surface area contributed by atoms with Gasteiger partial charge in [0, 0.05) is 15.0 Å². The normalized spacial score (nSPS) is 13.7. The number of rotatable bonds is 2. The van der Waals surface area contributed by atoms with E-state index in [1.807, 2.05) is 11.3 Å². The van der Waals surface area contributed by atoms with Crippen molar-refractivity contribution in [2.24, 2.45) is 0 Å². The molecule has 0 bridgehead atoms. The summed E-state index contributed by atoms with van der Waals surface area (Å²) in [5.41, 5.74) is 9.46. The van der Waals surface area contributed by atoms with Crippen LogP contribution in [-0.2, 0) is 5.41 Å². The van der Waals surface area contributed by atoms with Gasteiger partial charge < -0.3 is 0 Å². The van der Waals surface area contributed by atoms with Gasteiger partial charge in [-0.3, -0.25) is 0 Å². The zero-order valence-corrected chi connectivity index (χ0v) is 24.4. The lowest BCUT2D eigenvalue weighted by molar-refractivity contribution is 0.667. The van der Waals surface area contributed by atoms with Crippen LogP contribution < -0.4 is 0 Å². The molecule has 0 nitrogen and oxygen atoms in total. The Labute approximate surface area is 249 Å². The van der Waals surface area contributed by atoms with Crippen LogP contribution in [0.1, 0.15) is 25.0 Å². The summed E-state index contributed by atoms with van der Waals surface area (Å²) in [6.45, 7) is 4.78. The molecule has 0 aliphatic heterocycles. The zero-order chi connectivity index (χ0) is 28.0. The second kappa shape index (κ2) is 8.64. The van der Waals surface area contributed by atoms with E-state index >= 15 is 0 Å². The van der Waals surface area contributed by atoms with Gasteiger partial charge in [-0.25, -0.2) is 0 Å². The molecule has 0 saturated carbocycles. The Morgan fingerprint density at radius 1 is 0.476 bits per heavy atom. The molecule has 1 aromatic heterocycles. The molecule has 1 heteroatoms. The van der Waals surface area contributed by atoms with Crippen molar-refractivity contribution in [2.75, 3.05) is 0 Å². The van der Waals surface area contributed by atoms with Gasteiger partial charge in [0.1, 0.15) is 0 Å². The predicted molar refractivity (Wildman–Crippen MR) is 183 cm³/mol. The van der Waals surface area contributed by atoms with Crippen LogP contribution in [0.5, 0.6) is 0 Å². The Kier molecular flexibility index (Phi) is 4.93. The van der Waals surface area contributed by atoms with Gasteiger partial charge in [-0.05, 0) is 94.8 Å². The molecule has 0 unspecified atom stereocenters. The van der Waals surface area contributed by atoms with Crippen molar-refractivity contribution in [3.8, 4) is 32.7 Å². The standard InChI is InChI=1S/C41H28S/c1-41(2)35-22-21-28(24-34(35)40-39(41)33-17-9-10-18-36(33)42-40)38-31-15-7-5-13-29(31)37(30-14-6-8-16-32(30)38)27-20-19-25-11-3-4-12-26(25)23-27/h3-24H,1-2H3. The van der Waals surface area contributed by atoms with Gasteiger partial charge in [-0.15, -0.1) is 11.3 Å². The van der Waals surface area contributed by atoms with Gasteiger partial charge >= 0.3 is 0 Å². The van der Waals surface area contributed by atoms with Gasteiger partial charge in [0.2, 0.25) is 0 Å². The van der Waals surface area contributed by atoms with Crippen molar-refractivity contribution in [3.63, 3.8) is 0 Å². The first-order chi connectivity index (χ1) is 20.6. The molecule has 0 N–H and O–H groups in total. The molecular formula is C41H28S. The van der Waals surface area contributed by atoms with Gasteiger partial charge in [0.15, 0.2) is 0 Å². The van der Waals surface area contributed by atoms with E-state index in [-0.39, 0.29) is 5.41 Å². The van der Waals surface area contributed by atoms with Crippen LogP contribution in [0, 0.1) is 0 Å². The van der Waals surface area contributed by atoms with Gasteiger partial charge in [-0.2, -0.15) is 0 Å². The van der Waals surface area contributed by atoms with E-state index in [9.17, 15) is 0 Å². The molecule has 42 heavy (non-hydrogen) atoms. The highest BCUT2D eigenvalue weighted by Crippen LogP contribution is 2.56. The lowest BCUT2D eigenvalue weighted by Gasteiger charge is -2.22. The van der Waals surface area contributed by atoms with Crippen LogP contribution in [0.25, 0.3) is 75.1 Å². The monoisotopic (exact) mass is 552 g/mol. The quantitative estimate of drug-likeness (QED) is 0.187. The van der Waals surface area contributed by atoms with Crippen molar-refractivity contribution in [3.05, 3.63) is 145 Å². The average molecular weight is 553 g/mol. The highest BCUT2D eigenvalue weighted by Gasteiger charge is 2.38. The summed E-state index contributed by atoms with van der Waals surface area (Å²) in [6.07, 6.45) is 0. The topological polar surface area (TPSA) is 0 Å². The van der Waals surface area contributed by atoms with E-state index < -0.39 is 0 Å². The Balaban J connectivity index is 1.35. The highest BCUT2D eigenvalue weighted by atomic mass is 32.1. The summed E-state index contributed by atoms with van der Waals surface area (Å²) in [6, 6.07) is 49.6. The van der Waals surface area contributed by atoms with E-state index in [0.29, 0.717) is 0 Å². The van der Waals surface area contributed by atoms with Crippen molar-refractivity contribution < 1.29 is 0 Å². The first-order valence-electron chi connectivity index (χ1n) is 14.7. The van der Waals surface area contributed by atoms with E-state index in [1.165, 1.54) is 86.2 Å². The van der Waals surface area contributed by atoms with Crippen LogP contribution in [0.4, 0.5) is 0 Å². The lowest BCUT2D eigenvalue weighted by atomic mass is 9.80. The minimum absolute atomic E-state index is 0.0210. The van der Waals surface area contributed by atoms with Crippen LogP contribution in [-0.4, -0.2) is 0 Å². The molecule has 198 valence electrons. The Morgan fingerprint density at radius 3 is 1.67 bits per heavy atom. The third-order valence-corrected chi connectivity index (χ3v) is 10.6. The van der Waals surface area contributed by atoms with Crippen LogP contribution in [0.15, 0.2) is 133 Å². The molecule has 7 aromatic carbocycles. The van der Waals surface area contributed by atoms with Crippen LogP contribution in [0.3, 0.4) is 0 Å². The second-order valence-electron chi connectivity index (χ2n) is 12.1. The number of hydrogen-bond acceptors (Lipinski definition) is 1. The molecule has 0 spiro atoms. The fourth-order valence-electron chi connectivity index (χ4n) is 7.52. The maximum absolute atomic E-state index is 2.47. The summed E-state index contributed by atoms with van der Waals surface area (Å²) in [5.74, 6) is 0. The number of thiophene rings is 1. The fraction of sp³-hybridized carbons (Fsp3) is 0.0732. The van der Waals surface area contributed by atoms with Crippen molar-refractivity contribution >= 4 is 53.7 Å². The molecule has 9 rings (SSSR count). The second-order valence-corrected chi connectivity index (χ2v) is 13.1. The minimum atomic E-state index is -0.0210. The third kappa shape index (κ3) is 3.23. The van der Waals surface area contributed by atoms with Crippen LogP contribution in [0.2, 0.25) is 0 Å². The Bertz CT molecular complexity index is 2330. The molecule has 1 aliphatic carbocycles. The Morgan fingerprint density at radius 2 is 1.00 bits per heavy atom. The Hall–Kier alpha value is -4.72. The van der Waals surface area contributed by atoms with E-state index in [4.69, 9.17) is 0 Å². The molecule has 1 heterocycles. The minimum Gasteiger partial charge on any atom is -0.135 e. The number of benzene rings is 7. The number of fused-ring (bicyclic) bond motifs is 8. The molecule has 0 atom stereocenters. The summed E-state index contributed by atoms with van der Waals surface area (Å²) < 4.78 is 1.38. The van der Waals surface area contributed by atoms with Crippen molar-refractivity contribution in [1.29, 1.82) is 0 Å². The van der Waals surface area contributed by atoms with Gasteiger partial charge in [0.05, 0.1) is 0 Å². The van der Waals surface area contributed by atoms with Gasteiger partial charge in [0.25, 0.3) is 0 Å². The van der Waals surface area contributed by atoms with Gasteiger partial charge in [-0.1, -0.05) is 129 Å². The number of hydrogen-bond donors (Lipinski definition) is 0. The molecule has 0 fully saturated rings. The summed E-state index contributed by atoms with van der Waals surface area (Å²) >= 11 is 1.94. The predicted octanol–water partition coefficient (Wildman–Crippen LogP) is 12.0. The maximum Gasteiger partial charge on any atom is 0.0399 e. The summed E-state index contributed by atoms with van der Waals surface area (Å²) in [5, 5.41) is 9.13. The first-order valence-corrected chi connectivity index (χ1v) is 15.5. The summed E-state index contributed by atoms with van der Waals surface area (Å²) in [4.78, 5) is 1.43. The van der Waals surface area contributed by atoms with Crippen LogP contribution >= 0.6 is 11.3 Å². The van der Waals surface area contributed by atoms with E-state index in [0.717, 1.165) is 0 Å². The first kappa shape index (κ1) is 23.9. The molecule has 1 aliphatic rings. The average Bonchev–Trinajstić information content (AvgIpc) is 3.53. The third-order valence-electron chi connectivity index (χ3n) is 9.42. The molecule has 8 aromatic rings. The van der Waals surface area contributed by atoms with Crippen molar-refractivity contribution in [1.82, 2.24) is 0 Å². The largest absolute Gasteiger partial charge is 0.135 e. The molecule has 0 radical (unpaired) electrons. The molecule has 0 saturated heterocycles. The zero-order valence-electron chi connectivity index (χ0n) is 23.6. The fourth-order valence-corrected chi connectivity index (χ4v) is 8.91. The van der Waals surface area contributed by atoms with Crippen molar-refractivity contribution in [2.45, 2.75) is 19.3 Å². The molecular weight excluding hydrogens is 525 g/mol. The SMILES string of the molecule is CC1(C)c2ccc(-c3c4ccccc4c(-c4ccc5ccccc5c4)c4ccccc34)cc2-c2sc3ccccc3c21. The highest BCUT2D eigenvalue weighted by molar-refractivity contribution is 7.22.